The number of carbonyl (C=O) groups is 1. The van der Waals surface area contributed by atoms with E-state index in [0.29, 0.717) is 13.1 Å². The van der Waals surface area contributed by atoms with Gasteiger partial charge in [-0.1, -0.05) is 6.92 Å². The molecule has 0 aliphatic carbocycles. The molecule has 0 saturated heterocycles. The van der Waals surface area contributed by atoms with Crippen molar-refractivity contribution in [1.82, 2.24) is 5.32 Å². The summed E-state index contributed by atoms with van der Waals surface area (Å²) in [5.74, 6) is -1.66. The van der Waals surface area contributed by atoms with E-state index in [4.69, 9.17) is 5.11 Å². The SMILES string of the molecule is CCNCCN=C([O-])/C=C/C(=O)O.[Na+]. The maximum Gasteiger partial charge on any atom is 1.00 e. The van der Waals surface area contributed by atoms with Gasteiger partial charge < -0.3 is 15.5 Å². The molecule has 0 rings (SSSR count). The summed E-state index contributed by atoms with van der Waals surface area (Å²) < 4.78 is 0. The van der Waals surface area contributed by atoms with Crippen LogP contribution in [0, 0.1) is 0 Å². The van der Waals surface area contributed by atoms with Crippen molar-refractivity contribution >= 4 is 11.9 Å². The molecule has 0 unspecified atom stereocenters. The molecule has 0 aromatic rings. The van der Waals surface area contributed by atoms with Crippen LogP contribution in [0.1, 0.15) is 6.92 Å². The molecule has 0 aliphatic heterocycles. The molecule has 14 heavy (non-hydrogen) atoms. The minimum atomic E-state index is -1.14. The Balaban J connectivity index is 0. The van der Waals surface area contributed by atoms with Gasteiger partial charge in [0.05, 0.1) is 6.54 Å². The summed E-state index contributed by atoms with van der Waals surface area (Å²) in [5, 5.41) is 21.9. The summed E-state index contributed by atoms with van der Waals surface area (Å²) in [6.07, 6.45) is 1.72. The maximum atomic E-state index is 10.8. The number of nitrogens with one attached hydrogen (secondary N) is 1. The Morgan fingerprint density at radius 2 is 2.21 bits per heavy atom. The van der Waals surface area contributed by atoms with Crippen molar-refractivity contribution in [2.75, 3.05) is 19.6 Å². The van der Waals surface area contributed by atoms with Crippen molar-refractivity contribution in [2.24, 2.45) is 4.99 Å². The monoisotopic (exact) mass is 208 g/mol. The largest absolute Gasteiger partial charge is 1.00 e. The number of rotatable bonds is 6. The average Bonchev–Trinajstić information content (AvgIpc) is 2.09. The van der Waals surface area contributed by atoms with Crippen molar-refractivity contribution in [3.05, 3.63) is 12.2 Å². The molecule has 5 nitrogen and oxygen atoms in total. The van der Waals surface area contributed by atoms with Crippen LogP contribution >= 0.6 is 0 Å². The molecule has 0 bridgehead atoms. The zero-order valence-corrected chi connectivity index (χ0v) is 10.5. The van der Waals surface area contributed by atoms with Crippen LogP contribution in [0.15, 0.2) is 17.1 Å². The van der Waals surface area contributed by atoms with E-state index in [1.807, 2.05) is 6.92 Å². The molecule has 0 amide bonds. The van der Waals surface area contributed by atoms with Gasteiger partial charge in [-0.15, -0.1) is 0 Å². The number of nitrogens with zero attached hydrogens (tertiary/aromatic N) is 1. The van der Waals surface area contributed by atoms with Crippen LogP contribution < -0.4 is 40.0 Å². The van der Waals surface area contributed by atoms with E-state index in [-0.39, 0.29) is 29.6 Å². The summed E-state index contributed by atoms with van der Waals surface area (Å²) in [7, 11) is 0. The second kappa shape index (κ2) is 10.7. The van der Waals surface area contributed by atoms with E-state index in [2.05, 4.69) is 10.3 Å². The summed E-state index contributed by atoms with van der Waals surface area (Å²) in [5.41, 5.74) is 0. The first-order valence-electron chi connectivity index (χ1n) is 4.00. The Hall–Kier alpha value is -0.360. The molecule has 0 fully saturated rings. The van der Waals surface area contributed by atoms with Crippen molar-refractivity contribution in [2.45, 2.75) is 6.92 Å². The number of hydrogen-bond acceptors (Lipinski definition) is 4. The van der Waals surface area contributed by atoms with E-state index in [1.165, 1.54) is 0 Å². The molecule has 0 heterocycles. The van der Waals surface area contributed by atoms with E-state index in [1.54, 1.807) is 0 Å². The van der Waals surface area contributed by atoms with Crippen LogP contribution in [-0.2, 0) is 4.79 Å². The van der Waals surface area contributed by atoms with E-state index in [0.717, 1.165) is 18.7 Å². The van der Waals surface area contributed by atoms with Crippen molar-refractivity contribution in [3.63, 3.8) is 0 Å². The number of likely N-dealkylation sites (N-methyl/N-ethyl adjacent to an activating group) is 1. The zero-order valence-electron chi connectivity index (χ0n) is 8.49. The van der Waals surface area contributed by atoms with Gasteiger partial charge in [-0.3, -0.25) is 4.99 Å². The summed E-state index contributed by atoms with van der Waals surface area (Å²) in [6.45, 7) is 3.78. The van der Waals surface area contributed by atoms with E-state index in [9.17, 15) is 9.90 Å². The fourth-order valence-electron chi connectivity index (χ4n) is 0.617. The number of aliphatic imine (C=N–C) groups is 1. The van der Waals surface area contributed by atoms with Gasteiger partial charge in [-0.2, -0.15) is 0 Å². The molecule has 0 saturated carbocycles. The molecule has 0 aliphatic rings. The van der Waals surface area contributed by atoms with Crippen LogP contribution in [0.3, 0.4) is 0 Å². The maximum absolute atomic E-state index is 10.8. The Labute approximate surface area is 105 Å². The third-order valence-corrected chi connectivity index (χ3v) is 1.17. The average molecular weight is 208 g/mol. The Morgan fingerprint density at radius 3 is 2.71 bits per heavy atom. The third kappa shape index (κ3) is 11.6. The first kappa shape index (κ1) is 16.1. The van der Waals surface area contributed by atoms with Crippen molar-refractivity contribution in [1.29, 1.82) is 0 Å². The van der Waals surface area contributed by atoms with Gasteiger partial charge in [0.15, 0.2) is 0 Å². The van der Waals surface area contributed by atoms with Crippen molar-refractivity contribution < 1.29 is 44.6 Å². The van der Waals surface area contributed by atoms with Crippen LogP contribution in [0.5, 0.6) is 0 Å². The molecule has 0 aromatic carbocycles. The fraction of sp³-hybridized carbons (Fsp3) is 0.500. The molecule has 74 valence electrons. The van der Waals surface area contributed by atoms with Gasteiger partial charge >= 0.3 is 35.5 Å². The molecule has 2 N–H and O–H groups in total. The van der Waals surface area contributed by atoms with E-state index >= 15 is 0 Å². The minimum absolute atomic E-state index is 0. The molecule has 0 atom stereocenters. The van der Waals surface area contributed by atoms with Gasteiger partial charge in [-0.25, -0.2) is 4.79 Å². The van der Waals surface area contributed by atoms with Gasteiger partial charge in [0.25, 0.3) is 0 Å². The molecule has 0 aromatic heterocycles. The van der Waals surface area contributed by atoms with Gasteiger partial charge in [-0.05, 0) is 18.5 Å². The Kier molecular flexibility index (Phi) is 12.3. The normalized spacial score (nSPS) is 11.4. The standard InChI is InChI=1S/C8H14N2O3.Na/c1-2-9-5-6-10-7(11)3-4-8(12)13;/h3-4,9H,2,5-6H2,1H3,(H,10,11)(H,12,13);/q;+1/p-1/b4-3+;. The van der Waals surface area contributed by atoms with Crippen LogP contribution in [0.2, 0.25) is 0 Å². The Bertz CT molecular complexity index is 217. The molecule has 0 radical (unpaired) electrons. The quantitative estimate of drug-likeness (QED) is 0.153. The number of carboxylic acid groups (broad SMARTS) is 1. The number of aliphatic carboxylic acids is 1. The second-order valence-corrected chi connectivity index (χ2v) is 2.25. The van der Waals surface area contributed by atoms with Crippen LogP contribution in [0.4, 0.5) is 0 Å². The molecule has 0 spiro atoms. The van der Waals surface area contributed by atoms with E-state index < -0.39 is 11.9 Å². The molecular weight excluding hydrogens is 195 g/mol. The molecule has 6 heteroatoms. The molecular formula is C8H13N2NaO3. The van der Waals surface area contributed by atoms with Gasteiger partial charge in [0.2, 0.25) is 0 Å². The first-order valence-corrected chi connectivity index (χ1v) is 4.00. The number of carboxylic acids is 1. The second-order valence-electron chi connectivity index (χ2n) is 2.25. The summed E-state index contributed by atoms with van der Waals surface area (Å²) >= 11 is 0. The van der Waals surface area contributed by atoms with Crippen LogP contribution in [-0.4, -0.2) is 36.6 Å². The fourth-order valence-corrected chi connectivity index (χ4v) is 0.617. The predicted octanol–water partition coefficient (Wildman–Crippen LogP) is -4.00. The Morgan fingerprint density at radius 1 is 1.57 bits per heavy atom. The van der Waals surface area contributed by atoms with Crippen LogP contribution in [0.25, 0.3) is 0 Å². The zero-order chi connectivity index (χ0) is 10.1. The third-order valence-electron chi connectivity index (χ3n) is 1.17. The number of hydrogen-bond donors (Lipinski definition) is 2. The smallest absolute Gasteiger partial charge is 0.859 e. The van der Waals surface area contributed by atoms with Gasteiger partial charge in [0, 0.05) is 12.6 Å². The summed E-state index contributed by atoms with van der Waals surface area (Å²) in [6, 6.07) is 0. The summed E-state index contributed by atoms with van der Waals surface area (Å²) in [4.78, 5) is 13.6. The first-order chi connectivity index (χ1) is 6.16. The van der Waals surface area contributed by atoms with Crippen molar-refractivity contribution in [3.8, 4) is 0 Å². The minimum Gasteiger partial charge on any atom is -0.859 e. The predicted molar refractivity (Wildman–Crippen MR) is 47.6 cm³/mol. The topological polar surface area (TPSA) is 84.8 Å². The van der Waals surface area contributed by atoms with Gasteiger partial charge in [0.1, 0.15) is 0 Å².